The van der Waals surface area contributed by atoms with Gasteiger partial charge in [0.2, 0.25) is 5.91 Å². The molecular formula is C27H37NO4. The summed E-state index contributed by atoms with van der Waals surface area (Å²) >= 11 is 0. The Morgan fingerprint density at radius 2 is 2.03 bits per heavy atom. The van der Waals surface area contributed by atoms with Gasteiger partial charge in [0.1, 0.15) is 5.78 Å². The summed E-state index contributed by atoms with van der Waals surface area (Å²) in [7, 11) is 1.75. The third kappa shape index (κ3) is 3.81. The zero-order chi connectivity index (χ0) is 22.1. The van der Waals surface area contributed by atoms with E-state index in [9.17, 15) is 9.59 Å². The van der Waals surface area contributed by atoms with Gasteiger partial charge in [-0.3, -0.25) is 9.59 Å². The van der Waals surface area contributed by atoms with Gasteiger partial charge in [0.05, 0.1) is 25.2 Å². The van der Waals surface area contributed by atoms with Crippen molar-refractivity contribution in [3.63, 3.8) is 0 Å². The van der Waals surface area contributed by atoms with Crippen LogP contribution in [0.3, 0.4) is 0 Å². The summed E-state index contributed by atoms with van der Waals surface area (Å²) < 4.78 is 11.1. The van der Waals surface area contributed by atoms with Crippen LogP contribution in [-0.2, 0) is 25.5 Å². The van der Waals surface area contributed by atoms with E-state index in [0.717, 1.165) is 32.1 Å². The van der Waals surface area contributed by atoms with Crippen LogP contribution in [0.25, 0.3) is 0 Å². The van der Waals surface area contributed by atoms with Gasteiger partial charge in [0.25, 0.3) is 0 Å². The Morgan fingerprint density at radius 1 is 1.22 bits per heavy atom. The minimum absolute atomic E-state index is 0.244. The lowest BCUT2D eigenvalue weighted by atomic mass is 9.53. The second-order valence-electron chi connectivity index (χ2n) is 10.4. The number of Topliss-reactive ketones (excluding diaryl/α,β-unsaturated/α-hetero) is 1. The molecular weight excluding hydrogens is 402 g/mol. The van der Waals surface area contributed by atoms with Crippen LogP contribution in [0, 0.1) is 23.2 Å². The molecule has 2 saturated carbocycles. The van der Waals surface area contributed by atoms with E-state index in [1.807, 2.05) is 4.90 Å². The highest BCUT2D eigenvalue weighted by molar-refractivity contribution is 5.88. The molecule has 174 valence electrons. The molecule has 1 saturated heterocycles. The summed E-state index contributed by atoms with van der Waals surface area (Å²) in [5.74, 6) is 2.56. The number of morpholine rings is 1. The normalized spacial score (nSPS) is 34.0. The van der Waals surface area contributed by atoms with Crippen molar-refractivity contribution in [2.75, 3.05) is 40.0 Å². The number of benzene rings is 1. The highest BCUT2D eigenvalue weighted by atomic mass is 16.5. The average molecular weight is 440 g/mol. The predicted octanol–water partition coefficient (Wildman–Crippen LogP) is 3.99. The van der Waals surface area contributed by atoms with Gasteiger partial charge < -0.3 is 14.4 Å². The van der Waals surface area contributed by atoms with E-state index in [1.54, 1.807) is 7.11 Å². The van der Waals surface area contributed by atoms with Crippen molar-refractivity contribution in [3.8, 4) is 0 Å². The number of nitrogens with zero attached hydrogens (tertiary/aromatic N) is 1. The molecule has 4 aliphatic rings. The quantitative estimate of drug-likeness (QED) is 0.673. The lowest BCUT2D eigenvalue weighted by Gasteiger charge is -2.51. The Morgan fingerprint density at radius 3 is 2.84 bits per heavy atom. The molecule has 1 aromatic rings. The van der Waals surface area contributed by atoms with Crippen LogP contribution in [0.4, 0.5) is 0 Å². The van der Waals surface area contributed by atoms with Gasteiger partial charge in [-0.25, -0.2) is 0 Å². The summed E-state index contributed by atoms with van der Waals surface area (Å²) in [6, 6.07) is 8.94. The van der Waals surface area contributed by atoms with E-state index < -0.39 is 0 Å². The molecule has 1 amide bonds. The van der Waals surface area contributed by atoms with Gasteiger partial charge in [0.15, 0.2) is 0 Å². The van der Waals surface area contributed by atoms with Crippen LogP contribution in [0.2, 0.25) is 0 Å². The third-order valence-electron chi connectivity index (χ3n) is 8.96. The van der Waals surface area contributed by atoms with Gasteiger partial charge in [-0.15, -0.1) is 0 Å². The number of amides is 1. The Bertz CT molecular complexity index is 848. The monoisotopic (exact) mass is 439 g/mol. The first-order chi connectivity index (χ1) is 15.6. The Kier molecular flexibility index (Phi) is 6.39. The number of rotatable bonds is 6. The molecule has 0 N–H and O–H groups in total. The van der Waals surface area contributed by atoms with E-state index >= 15 is 0 Å². The second-order valence-corrected chi connectivity index (χ2v) is 10.4. The number of ketones is 1. The maximum Gasteiger partial charge on any atom is 0.222 e. The molecule has 0 bridgehead atoms. The zero-order valence-corrected chi connectivity index (χ0v) is 19.4. The third-order valence-corrected chi connectivity index (χ3v) is 8.96. The number of fused-ring (bicyclic) bond motifs is 5. The van der Waals surface area contributed by atoms with Crippen LogP contribution >= 0.6 is 0 Å². The number of ether oxygens (including phenoxy) is 2. The molecule has 32 heavy (non-hydrogen) atoms. The molecule has 5 atom stereocenters. The number of hydrogen-bond acceptors (Lipinski definition) is 4. The molecule has 0 unspecified atom stereocenters. The first-order valence-electron chi connectivity index (χ1n) is 12.6. The Hall–Kier alpha value is -1.72. The lowest BCUT2D eigenvalue weighted by Crippen LogP contribution is -2.48. The summed E-state index contributed by atoms with van der Waals surface area (Å²) in [6.07, 6.45) is 7.45. The van der Waals surface area contributed by atoms with Crippen molar-refractivity contribution in [2.45, 2.75) is 57.3 Å². The molecule has 0 spiro atoms. The summed E-state index contributed by atoms with van der Waals surface area (Å²) in [5.41, 5.74) is 2.72. The van der Waals surface area contributed by atoms with Gasteiger partial charge in [-0.05, 0) is 73.3 Å². The molecule has 1 heterocycles. The minimum Gasteiger partial charge on any atom is -0.384 e. The highest BCUT2D eigenvalue weighted by Gasteiger charge is 2.60. The fraction of sp³-hybridized carbons (Fsp3) is 0.704. The van der Waals surface area contributed by atoms with Crippen LogP contribution in [-0.4, -0.2) is 56.6 Å². The van der Waals surface area contributed by atoms with Crippen LogP contribution in [0.15, 0.2) is 24.3 Å². The van der Waals surface area contributed by atoms with E-state index in [-0.39, 0.29) is 11.3 Å². The Labute approximate surface area is 191 Å². The topological polar surface area (TPSA) is 55.8 Å². The molecule has 5 nitrogen and oxygen atoms in total. The van der Waals surface area contributed by atoms with Crippen LogP contribution in [0.5, 0.6) is 0 Å². The van der Waals surface area contributed by atoms with Crippen LogP contribution in [0.1, 0.15) is 62.0 Å². The number of aryl methyl sites for hydroxylation is 1. The second kappa shape index (κ2) is 9.26. The van der Waals surface area contributed by atoms with Crippen molar-refractivity contribution in [1.82, 2.24) is 4.90 Å². The summed E-state index contributed by atoms with van der Waals surface area (Å²) in [5, 5.41) is 0. The summed E-state index contributed by atoms with van der Waals surface area (Å²) in [6.45, 7) is 3.28. The molecule has 1 aliphatic heterocycles. The predicted molar refractivity (Wildman–Crippen MR) is 122 cm³/mol. The van der Waals surface area contributed by atoms with Gasteiger partial charge in [-0.1, -0.05) is 24.3 Å². The van der Waals surface area contributed by atoms with E-state index in [2.05, 4.69) is 24.3 Å². The van der Waals surface area contributed by atoms with E-state index in [0.29, 0.717) is 75.2 Å². The molecule has 3 aliphatic carbocycles. The molecule has 0 aromatic heterocycles. The number of methoxy groups -OCH3 is 1. The standard InChI is InChI=1S/C27H37NO4/c1-31-18-27-12-11-22-21-7-3-2-5-19(21)9-10-23(22)26(27)20(17-24(27)29)6-4-8-25(30)28-13-15-32-16-14-28/h2-3,5,7,20,22-23,26H,4,6,8-18H2,1H3/t20-,22-,23-,26+,27+/m1/s1. The minimum atomic E-state index is -0.304. The van der Waals surface area contributed by atoms with Crippen LogP contribution < -0.4 is 0 Å². The van der Waals surface area contributed by atoms with E-state index in [1.165, 1.54) is 17.5 Å². The molecule has 0 radical (unpaired) electrons. The zero-order valence-electron chi connectivity index (χ0n) is 19.4. The Balaban J connectivity index is 1.32. The lowest BCUT2D eigenvalue weighted by molar-refractivity contribution is -0.136. The van der Waals surface area contributed by atoms with Crippen molar-refractivity contribution < 1.29 is 19.1 Å². The smallest absolute Gasteiger partial charge is 0.222 e. The van der Waals surface area contributed by atoms with Crippen molar-refractivity contribution >= 4 is 11.7 Å². The fourth-order valence-electron chi connectivity index (χ4n) is 7.64. The van der Waals surface area contributed by atoms with E-state index in [4.69, 9.17) is 9.47 Å². The first kappa shape index (κ1) is 22.1. The molecule has 3 fully saturated rings. The SMILES string of the molecule is COC[C@]12CC[C@@H]3c4ccccc4CC[C@H]3[C@@H]1[C@H](CCCC(=O)N1CCOCC1)CC2=O. The molecule has 1 aromatic carbocycles. The van der Waals surface area contributed by atoms with Gasteiger partial charge in [-0.2, -0.15) is 0 Å². The number of carbonyl (C=O) groups excluding carboxylic acids is 2. The molecule has 5 heteroatoms. The van der Waals surface area contributed by atoms with Gasteiger partial charge >= 0.3 is 0 Å². The van der Waals surface area contributed by atoms with Gasteiger partial charge in [0, 0.05) is 33.0 Å². The fourth-order valence-corrected chi connectivity index (χ4v) is 7.64. The van der Waals surface area contributed by atoms with Crippen molar-refractivity contribution in [2.24, 2.45) is 23.2 Å². The average Bonchev–Trinajstić information content (AvgIpc) is 3.11. The largest absolute Gasteiger partial charge is 0.384 e. The highest BCUT2D eigenvalue weighted by Crippen LogP contribution is 2.62. The summed E-state index contributed by atoms with van der Waals surface area (Å²) in [4.78, 5) is 28.0. The maximum atomic E-state index is 13.4. The maximum absolute atomic E-state index is 13.4. The number of hydrogen-bond donors (Lipinski definition) is 0. The number of carbonyl (C=O) groups is 2. The van der Waals surface area contributed by atoms with Crippen molar-refractivity contribution in [3.05, 3.63) is 35.4 Å². The van der Waals surface area contributed by atoms with Crippen molar-refractivity contribution in [1.29, 1.82) is 0 Å². The molecule has 5 rings (SSSR count). The first-order valence-corrected chi connectivity index (χ1v) is 12.6.